The lowest BCUT2D eigenvalue weighted by Gasteiger charge is -2.01. The summed E-state index contributed by atoms with van der Waals surface area (Å²) in [5.74, 6) is 0.215. The molecule has 0 fully saturated rings. The lowest BCUT2D eigenvalue weighted by molar-refractivity contribution is 0.238. The Morgan fingerprint density at radius 1 is 1.45 bits per heavy atom. The van der Waals surface area contributed by atoms with Crippen molar-refractivity contribution in [2.45, 2.75) is 0 Å². The van der Waals surface area contributed by atoms with Crippen molar-refractivity contribution in [2.75, 3.05) is 13.7 Å². The molecule has 0 spiro atoms. The average molecular weight is 217 g/mol. The van der Waals surface area contributed by atoms with Gasteiger partial charge in [-0.25, -0.2) is 0 Å². The van der Waals surface area contributed by atoms with E-state index in [1.165, 1.54) is 7.11 Å². The Balaban J connectivity index is 4.55. The van der Waals surface area contributed by atoms with Gasteiger partial charge < -0.3 is 4.74 Å². The highest BCUT2D eigenvalue weighted by molar-refractivity contribution is 9.06. The predicted octanol–water partition coefficient (Wildman–Crippen LogP) is 1.26. The maximum atomic E-state index is 8.37. The molecule has 5 heteroatoms. The van der Waals surface area contributed by atoms with Crippen LogP contribution in [0, 0.1) is 22.7 Å². The predicted molar refractivity (Wildman–Crippen MR) is 40.1 cm³/mol. The highest BCUT2D eigenvalue weighted by Gasteiger charge is 2.05. The van der Waals surface area contributed by atoms with E-state index in [4.69, 9.17) is 15.3 Å². The van der Waals surface area contributed by atoms with Crippen LogP contribution in [0.15, 0.2) is 11.3 Å². The normalized spacial score (nSPS) is 7.64. The Bertz CT molecular complexity index is 220. The van der Waals surface area contributed by atoms with Gasteiger partial charge in [-0.2, -0.15) is 10.5 Å². The molecule has 11 heavy (non-hydrogen) atoms. The van der Waals surface area contributed by atoms with Crippen LogP contribution >= 0.6 is 16.3 Å². The standard InChI is InChI=1S/C6H5BrN2O2/c1-10-6(4-11-7)5(2-8)3-9/h4H2,1H3. The number of methoxy groups -OCH3 is 1. The molecule has 0 bridgehead atoms. The van der Waals surface area contributed by atoms with Crippen molar-refractivity contribution in [1.82, 2.24) is 0 Å². The average Bonchev–Trinajstić information content (AvgIpc) is 2.05. The molecule has 0 aliphatic heterocycles. The van der Waals surface area contributed by atoms with Crippen molar-refractivity contribution in [2.24, 2.45) is 0 Å². The Hall–Kier alpha value is -1.04. The van der Waals surface area contributed by atoms with Gasteiger partial charge in [-0.05, 0) is 0 Å². The zero-order chi connectivity index (χ0) is 8.69. The fourth-order valence-corrected chi connectivity index (χ4v) is 0.640. The minimum atomic E-state index is -0.0769. The number of nitriles is 2. The summed E-state index contributed by atoms with van der Waals surface area (Å²) in [6, 6.07) is 3.36. The van der Waals surface area contributed by atoms with E-state index in [1.807, 2.05) is 0 Å². The number of nitrogens with zero attached hydrogens (tertiary/aromatic N) is 2. The lowest BCUT2D eigenvalue weighted by Crippen LogP contribution is -1.97. The molecule has 0 heterocycles. The van der Waals surface area contributed by atoms with E-state index in [-0.39, 0.29) is 17.9 Å². The molecule has 0 aromatic rings. The van der Waals surface area contributed by atoms with Crippen molar-refractivity contribution in [1.29, 1.82) is 10.5 Å². The van der Waals surface area contributed by atoms with Gasteiger partial charge in [-0.3, -0.25) is 3.83 Å². The van der Waals surface area contributed by atoms with E-state index in [1.54, 1.807) is 12.1 Å². The van der Waals surface area contributed by atoms with Crippen LogP contribution in [-0.2, 0) is 8.57 Å². The van der Waals surface area contributed by atoms with Gasteiger partial charge in [0.2, 0.25) is 0 Å². The molecule has 0 aromatic carbocycles. The molecule has 0 aromatic heterocycles. The first-order valence-corrected chi connectivity index (χ1v) is 3.25. The Morgan fingerprint density at radius 2 is 2.00 bits per heavy atom. The third-order valence-corrected chi connectivity index (χ3v) is 1.16. The van der Waals surface area contributed by atoms with Crippen molar-refractivity contribution in [3.8, 4) is 12.1 Å². The molecule has 0 atom stereocenters. The van der Waals surface area contributed by atoms with Crippen molar-refractivity contribution in [3.63, 3.8) is 0 Å². The highest BCUT2D eigenvalue weighted by atomic mass is 79.9. The van der Waals surface area contributed by atoms with Gasteiger partial charge in [0.15, 0.2) is 11.3 Å². The van der Waals surface area contributed by atoms with Gasteiger partial charge in [-0.1, -0.05) is 0 Å². The van der Waals surface area contributed by atoms with Crippen LogP contribution in [0.3, 0.4) is 0 Å². The van der Waals surface area contributed by atoms with E-state index in [2.05, 4.69) is 20.1 Å². The third kappa shape index (κ3) is 3.03. The van der Waals surface area contributed by atoms with Crippen LogP contribution in [0.1, 0.15) is 0 Å². The second-order valence-electron chi connectivity index (χ2n) is 1.48. The van der Waals surface area contributed by atoms with E-state index >= 15 is 0 Å². The summed E-state index contributed by atoms with van der Waals surface area (Å²) in [7, 11) is 1.37. The third-order valence-electron chi connectivity index (χ3n) is 0.934. The Kier molecular flexibility index (Phi) is 5.18. The van der Waals surface area contributed by atoms with Crippen LogP contribution in [0.25, 0.3) is 0 Å². The summed E-state index contributed by atoms with van der Waals surface area (Å²) in [6.45, 7) is 0.0625. The quantitative estimate of drug-likeness (QED) is 0.527. The first-order valence-electron chi connectivity index (χ1n) is 2.61. The van der Waals surface area contributed by atoms with Gasteiger partial charge in [-0.15, -0.1) is 0 Å². The van der Waals surface area contributed by atoms with E-state index in [9.17, 15) is 0 Å². The van der Waals surface area contributed by atoms with Crippen LogP contribution in [0.4, 0.5) is 0 Å². The second kappa shape index (κ2) is 5.72. The summed E-state index contributed by atoms with van der Waals surface area (Å²) in [6.07, 6.45) is 0. The van der Waals surface area contributed by atoms with Crippen molar-refractivity contribution < 1.29 is 8.57 Å². The van der Waals surface area contributed by atoms with Crippen LogP contribution in [0.5, 0.6) is 0 Å². The molecule has 0 radical (unpaired) electrons. The molecule has 0 saturated heterocycles. The summed E-state index contributed by atoms with van der Waals surface area (Å²) >= 11 is 2.68. The number of allylic oxidation sites excluding steroid dienone is 1. The van der Waals surface area contributed by atoms with Crippen LogP contribution in [0.2, 0.25) is 0 Å². The minimum absolute atomic E-state index is 0.0625. The zero-order valence-electron chi connectivity index (χ0n) is 5.80. The van der Waals surface area contributed by atoms with Crippen molar-refractivity contribution in [3.05, 3.63) is 11.3 Å². The number of halogens is 1. The Labute approximate surface area is 73.1 Å². The molecule has 0 amide bonds. The minimum Gasteiger partial charge on any atom is -0.496 e. The zero-order valence-corrected chi connectivity index (χ0v) is 7.38. The highest BCUT2D eigenvalue weighted by Crippen LogP contribution is 2.05. The number of rotatable bonds is 3. The second-order valence-corrected chi connectivity index (χ2v) is 1.94. The molecule has 0 aliphatic rings. The van der Waals surface area contributed by atoms with E-state index in [0.717, 1.165) is 0 Å². The molecule has 0 saturated carbocycles. The van der Waals surface area contributed by atoms with Crippen molar-refractivity contribution >= 4 is 16.3 Å². The van der Waals surface area contributed by atoms with Gasteiger partial charge in [0.25, 0.3) is 0 Å². The number of ether oxygens (including phenoxy) is 1. The maximum absolute atomic E-state index is 8.37. The molecular weight excluding hydrogens is 212 g/mol. The maximum Gasteiger partial charge on any atom is 0.169 e. The SMILES string of the molecule is COC(COBr)=C(C#N)C#N. The monoisotopic (exact) mass is 216 g/mol. The van der Waals surface area contributed by atoms with Gasteiger partial charge in [0.05, 0.1) is 23.4 Å². The molecule has 0 N–H and O–H groups in total. The summed E-state index contributed by atoms with van der Waals surface area (Å²) in [4.78, 5) is 0. The first kappa shape index (κ1) is 9.96. The largest absolute Gasteiger partial charge is 0.496 e. The summed E-state index contributed by atoms with van der Waals surface area (Å²) in [5.41, 5.74) is -0.0769. The van der Waals surface area contributed by atoms with Gasteiger partial charge in [0, 0.05) is 0 Å². The first-order chi connectivity index (χ1) is 5.29. The summed E-state index contributed by atoms with van der Waals surface area (Å²) in [5, 5.41) is 16.7. The lowest BCUT2D eigenvalue weighted by atomic mass is 10.3. The van der Waals surface area contributed by atoms with E-state index < -0.39 is 0 Å². The molecule has 4 nitrogen and oxygen atoms in total. The number of hydrogen-bond acceptors (Lipinski definition) is 4. The molecule has 0 aliphatic carbocycles. The van der Waals surface area contributed by atoms with Crippen LogP contribution < -0.4 is 0 Å². The molecule has 0 unspecified atom stereocenters. The molecule has 0 rings (SSSR count). The fourth-order valence-electron chi connectivity index (χ4n) is 0.432. The van der Waals surface area contributed by atoms with Gasteiger partial charge in [0.1, 0.15) is 18.7 Å². The summed E-state index contributed by atoms with van der Waals surface area (Å²) < 4.78 is 9.22. The Morgan fingerprint density at radius 3 is 2.27 bits per heavy atom. The smallest absolute Gasteiger partial charge is 0.169 e. The van der Waals surface area contributed by atoms with Crippen LogP contribution in [-0.4, -0.2) is 13.7 Å². The molecular formula is C6H5BrN2O2. The fraction of sp³-hybridized carbons (Fsp3) is 0.333. The number of hydrogen-bond donors (Lipinski definition) is 0. The molecule has 58 valence electrons. The topological polar surface area (TPSA) is 66.0 Å². The van der Waals surface area contributed by atoms with Gasteiger partial charge >= 0.3 is 0 Å². The van der Waals surface area contributed by atoms with E-state index in [0.29, 0.717) is 0 Å².